The molecular weight excluding hydrogens is 358 g/mol. The van der Waals surface area contributed by atoms with E-state index in [0.717, 1.165) is 70.1 Å². The first kappa shape index (κ1) is 22.6. The van der Waals surface area contributed by atoms with Crippen molar-refractivity contribution in [3.05, 3.63) is 0 Å². The van der Waals surface area contributed by atoms with Gasteiger partial charge in [0.05, 0.1) is 6.54 Å². The molecule has 2 rings (SSSR count). The van der Waals surface area contributed by atoms with Gasteiger partial charge >= 0.3 is 0 Å². The molecule has 0 spiro atoms. The van der Waals surface area contributed by atoms with Gasteiger partial charge in [-0.25, -0.2) is 0 Å². The molecule has 4 atom stereocenters. The first-order chi connectivity index (χ1) is 13.1. The Morgan fingerprint density at radius 3 is 2.56 bits per heavy atom. The van der Waals surface area contributed by atoms with E-state index in [1.165, 1.54) is 13.1 Å². The van der Waals surface area contributed by atoms with Crippen LogP contribution in [0, 0.1) is 0 Å². The number of rotatable bonds is 8. The second kappa shape index (κ2) is 12.0. The van der Waals surface area contributed by atoms with Crippen LogP contribution in [0.4, 0.5) is 0 Å². The van der Waals surface area contributed by atoms with Gasteiger partial charge in [0.1, 0.15) is 0 Å². The molecule has 1 saturated carbocycles. The standard InChI is InChI=1S/C20H41N5OS/c1-5-21-20(23-18-9-8-10-19(15-18)27(26)7-3)22-16-17(4)25-13-11-24(6-2)12-14-25/h17-19H,5-16H2,1-4H3,(H2,21,22,23). The van der Waals surface area contributed by atoms with Crippen molar-refractivity contribution in [3.63, 3.8) is 0 Å². The van der Waals surface area contributed by atoms with E-state index in [1.807, 2.05) is 6.92 Å². The maximum absolute atomic E-state index is 12.2. The Bertz CT molecular complexity index is 479. The Morgan fingerprint density at radius 1 is 1.19 bits per heavy atom. The van der Waals surface area contributed by atoms with Crippen LogP contribution in [-0.2, 0) is 10.8 Å². The van der Waals surface area contributed by atoms with E-state index in [0.29, 0.717) is 17.3 Å². The van der Waals surface area contributed by atoms with Crippen molar-refractivity contribution in [2.45, 2.75) is 70.7 Å². The van der Waals surface area contributed by atoms with Crippen LogP contribution in [0.3, 0.4) is 0 Å². The zero-order chi connectivity index (χ0) is 19.6. The Labute approximate surface area is 169 Å². The van der Waals surface area contributed by atoms with Crippen LogP contribution in [0.2, 0.25) is 0 Å². The average molecular weight is 400 g/mol. The van der Waals surface area contributed by atoms with E-state index in [9.17, 15) is 4.21 Å². The minimum Gasteiger partial charge on any atom is -0.357 e. The SMILES string of the molecule is CCNC(=NCC(C)N1CCN(CC)CC1)NC1CCCC(S(=O)CC)C1. The van der Waals surface area contributed by atoms with Crippen LogP contribution in [0.1, 0.15) is 53.4 Å². The highest BCUT2D eigenvalue weighted by atomic mass is 32.2. The lowest BCUT2D eigenvalue weighted by Gasteiger charge is -2.37. The van der Waals surface area contributed by atoms with E-state index < -0.39 is 10.8 Å². The molecular formula is C20H41N5OS. The number of nitrogens with one attached hydrogen (secondary N) is 2. The average Bonchev–Trinajstić information content (AvgIpc) is 2.71. The smallest absolute Gasteiger partial charge is 0.191 e. The van der Waals surface area contributed by atoms with E-state index in [1.54, 1.807) is 0 Å². The lowest BCUT2D eigenvalue weighted by Crippen LogP contribution is -2.51. The Hall–Kier alpha value is -0.660. The van der Waals surface area contributed by atoms with Crippen molar-refractivity contribution in [3.8, 4) is 0 Å². The summed E-state index contributed by atoms with van der Waals surface area (Å²) in [6.07, 6.45) is 4.41. The maximum atomic E-state index is 12.2. The number of hydrogen-bond donors (Lipinski definition) is 2. The third-order valence-corrected chi connectivity index (χ3v) is 7.70. The first-order valence-corrected chi connectivity index (χ1v) is 12.3. The Kier molecular flexibility index (Phi) is 10.1. The predicted octanol–water partition coefficient (Wildman–Crippen LogP) is 1.65. The third kappa shape index (κ3) is 7.35. The van der Waals surface area contributed by atoms with Crippen LogP contribution in [0.5, 0.6) is 0 Å². The van der Waals surface area contributed by atoms with Crippen LogP contribution in [-0.4, -0.2) is 88.9 Å². The van der Waals surface area contributed by atoms with E-state index >= 15 is 0 Å². The molecule has 0 bridgehead atoms. The Morgan fingerprint density at radius 2 is 1.93 bits per heavy atom. The van der Waals surface area contributed by atoms with E-state index in [2.05, 4.69) is 41.2 Å². The van der Waals surface area contributed by atoms with Crippen LogP contribution in [0.15, 0.2) is 4.99 Å². The monoisotopic (exact) mass is 399 g/mol. The summed E-state index contributed by atoms with van der Waals surface area (Å²) in [5.41, 5.74) is 0. The van der Waals surface area contributed by atoms with Crippen LogP contribution in [0.25, 0.3) is 0 Å². The fourth-order valence-electron chi connectivity index (χ4n) is 4.12. The second-order valence-corrected chi connectivity index (χ2v) is 9.84. The summed E-state index contributed by atoms with van der Waals surface area (Å²) >= 11 is 0. The molecule has 1 saturated heterocycles. The summed E-state index contributed by atoms with van der Waals surface area (Å²) in [5, 5.41) is 7.36. The van der Waals surface area contributed by atoms with Crippen molar-refractivity contribution in [2.24, 2.45) is 4.99 Å². The van der Waals surface area contributed by atoms with Gasteiger partial charge in [0.15, 0.2) is 5.96 Å². The van der Waals surface area contributed by atoms with Gasteiger partial charge in [0.25, 0.3) is 0 Å². The molecule has 0 amide bonds. The molecule has 4 unspecified atom stereocenters. The van der Waals surface area contributed by atoms with Crippen molar-refractivity contribution < 1.29 is 4.21 Å². The summed E-state index contributed by atoms with van der Waals surface area (Å²) in [5.74, 6) is 1.69. The minimum atomic E-state index is -0.682. The van der Waals surface area contributed by atoms with Gasteiger partial charge in [-0.05, 0) is 39.7 Å². The van der Waals surface area contributed by atoms with Crippen LogP contribution >= 0.6 is 0 Å². The van der Waals surface area contributed by atoms with Gasteiger partial charge in [-0.2, -0.15) is 0 Å². The molecule has 2 fully saturated rings. The fourth-order valence-corrected chi connectivity index (χ4v) is 5.47. The van der Waals surface area contributed by atoms with E-state index in [4.69, 9.17) is 4.99 Å². The number of guanidine groups is 1. The number of likely N-dealkylation sites (N-methyl/N-ethyl adjacent to an activating group) is 1. The zero-order valence-electron chi connectivity index (χ0n) is 17.9. The number of piperazine rings is 1. The molecule has 7 heteroatoms. The molecule has 0 aromatic heterocycles. The first-order valence-electron chi connectivity index (χ1n) is 11.0. The molecule has 158 valence electrons. The molecule has 0 aromatic carbocycles. The second-order valence-electron chi connectivity index (χ2n) is 7.84. The van der Waals surface area contributed by atoms with Gasteiger partial charge in [0.2, 0.25) is 0 Å². The molecule has 0 aromatic rings. The summed E-state index contributed by atoms with van der Waals surface area (Å²) in [6.45, 7) is 16.1. The van der Waals surface area contributed by atoms with Gasteiger partial charge < -0.3 is 15.5 Å². The summed E-state index contributed by atoms with van der Waals surface area (Å²) < 4.78 is 12.2. The number of aliphatic imine (C=N–C) groups is 1. The van der Waals surface area contributed by atoms with E-state index in [-0.39, 0.29) is 0 Å². The fraction of sp³-hybridized carbons (Fsp3) is 0.950. The summed E-state index contributed by atoms with van der Waals surface area (Å²) in [4.78, 5) is 9.94. The predicted molar refractivity (Wildman–Crippen MR) is 117 cm³/mol. The highest BCUT2D eigenvalue weighted by molar-refractivity contribution is 7.85. The van der Waals surface area contributed by atoms with Crippen LogP contribution < -0.4 is 10.6 Å². The largest absolute Gasteiger partial charge is 0.357 e. The highest BCUT2D eigenvalue weighted by Crippen LogP contribution is 2.23. The van der Waals surface area contributed by atoms with Gasteiger partial charge in [-0.15, -0.1) is 0 Å². The topological polar surface area (TPSA) is 60.0 Å². The molecule has 1 heterocycles. The summed E-state index contributed by atoms with van der Waals surface area (Å²) in [6, 6.07) is 0.853. The van der Waals surface area contributed by atoms with Gasteiger partial charge in [-0.3, -0.25) is 14.1 Å². The normalized spacial score (nSPS) is 27.9. The van der Waals surface area contributed by atoms with Crippen molar-refractivity contribution >= 4 is 16.8 Å². The third-order valence-electron chi connectivity index (χ3n) is 5.96. The quantitative estimate of drug-likeness (QED) is 0.480. The molecule has 27 heavy (non-hydrogen) atoms. The van der Waals surface area contributed by atoms with Gasteiger partial charge in [0, 0.05) is 66.6 Å². The molecule has 0 radical (unpaired) electrons. The molecule has 1 aliphatic carbocycles. The highest BCUT2D eigenvalue weighted by Gasteiger charge is 2.26. The number of nitrogens with zero attached hydrogens (tertiary/aromatic N) is 3. The molecule has 2 N–H and O–H groups in total. The Balaban J connectivity index is 1.85. The molecule has 6 nitrogen and oxygen atoms in total. The maximum Gasteiger partial charge on any atom is 0.191 e. The lowest BCUT2D eigenvalue weighted by atomic mass is 9.95. The molecule has 2 aliphatic rings. The number of hydrogen-bond acceptors (Lipinski definition) is 4. The van der Waals surface area contributed by atoms with Crippen molar-refractivity contribution in [1.29, 1.82) is 0 Å². The van der Waals surface area contributed by atoms with Gasteiger partial charge in [-0.1, -0.05) is 20.3 Å². The zero-order valence-corrected chi connectivity index (χ0v) is 18.7. The summed E-state index contributed by atoms with van der Waals surface area (Å²) in [7, 11) is -0.682. The molecule has 1 aliphatic heterocycles. The van der Waals surface area contributed by atoms with Crippen molar-refractivity contribution in [2.75, 3.05) is 51.6 Å². The minimum absolute atomic E-state index is 0.345. The lowest BCUT2D eigenvalue weighted by molar-refractivity contribution is 0.109. The van der Waals surface area contributed by atoms with Crippen molar-refractivity contribution in [1.82, 2.24) is 20.4 Å².